The molecule has 2 aromatic carbocycles. The number of aryl methyl sites for hydroxylation is 2. The van der Waals surface area contributed by atoms with E-state index in [1.54, 1.807) is 13.0 Å². The molecule has 29 heavy (non-hydrogen) atoms. The minimum atomic E-state index is -1.18. The lowest BCUT2D eigenvalue weighted by Gasteiger charge is -2.22. The molecule has 1 aliphatic heterocycles. The van der Waals surface area contributed by atoms with E-state index < -0.39 is 23.4 Å². The van der Waals surface area contributed by atoms with Gasteiger partial charge in [-0.1, -0.05) is 49.7 Å². The van der Waals surface area contributed by atoms with Crippen LogP contribution in [0.5, 0.6) is 0 Å². The number of rotatable bonds is 6. The Morgan fingerprint density at radius 1 is 1.10 bits per heavy atom. The second-order valence-corrected chi connectivity index (χ2v) is 7.69. The van der Waals surface area contributed by atoms with Crippen LogP contribution >= 0.6 is 0 Å². The number of hydrogen-bond acceptors (Lipinski definition) is 3. The molecular weight excluding hydrogens is 366 g/mol. The number of nitrogens with one attached hydrogen (secondary N) is 2. The monoisotopic (exact) mass is 393 g/mol. The molecule has 3 rings (SSSR count). The molecule has 6 heteroatoms. The van der Waals surface area contributed by atoms with E-state index in [1.807, 2.05) is 50.2 Å². The van der Waals surface area contributed by atoms with Crippen LogP contribution in [0.2, 0.25) is 0 Å². The number of anilines is 1. The maximum absolute atomic E-state index is 13.0. The third-order valence-corrected chi connectivity index (χ3v) is 5.53. The van der Waals surface area contributed by atoms with E-state index in [9.17, 15) is 14.4 Å². The fraction of sp³-hybridized carbons (Fsp3) is 0.348. The van der Waals surface area contributed by atoms with Gasteiger partial charge < -0.3 is 10.6 Å². The lowest BCUT2D eigenvalue weighted by atomic mass is 9.91. The normalized spacial score (nSPS) is 18.7. The standard InChI is InChI=1S/C23H27N3O3/c1-5-7-17-10-12-18(13-11-17)23(4)21(28)26(22(29)25-23)14-20(27)24-19-9-6-8-15(2)16(19)3/h6,8-13H,5,7,14H2,1-4H3,(H,24,27)(H,25,29)/t23-/m0/s1. The third kappa shape index (κ3) is 4.01. The molecule has 1 fully saturated rings. The Balaban J connectivity index is 1.74. The quantitative estimate of drug-likeness (QED) is 0.735. The molecule has 2 aromatic rings. The van der Waals surface area contributed by atoms with Crippen molar-refractivity contribution in [2.75, 3.05) is 11.9 Å². The smallest absolute Gasteiger partial charge is 0.324 e. The molecule has 0 aromatic heterocycles. The molecule has 4 amide bonds. The molecule has 0 unspecified atom stereocenters. The van der Waals surface area contributed by atoms with Gasteiger partial charge in [0.15, 0.2) is 0 Å². The van der Waals surface area contributed by atoms with Crippen molar-refractivity contribution in [3.63, 3.8) is 0 Å². The van der Waals surface area contributed by atoms with Crippen molar-refractivity contribution in [1.29, 1.82) is 0 Å². The van der Waals surface area contributed by atoms with E-state index in [0.29, 0.717) is 11.3 Å². The van der Waals surface area contributed by atoms with Crippen molar-refractivity contribution in [2.45, 2.75) is 46.1 Å². The number of hydrogen-bond donors (Lipinski definition) is 2. The molecule has 0 bridgehead atoms. The van der Waals surface area contributed by atoms with Gasteiger partial charge in [0, 0.05) is 5.69 Å². The van der Waals surface area contributed by atoms with Gasteiger partial charge in [-0.2, -0.15) is 0 Å². The first kappa shape index (κ1) is 20.6. The van der Waals surface area contributed by atoms with Gasteiger partial charge in [0.1, 0.15) is 12.1 Å². The van der Waals surface area contributed by atoms with Crippen LogP contribution in [0.15, 0.2) is 42.5 Å². The molecule has 0 aliphatic carbocycles. The molecule has 0 radical (unpaired) electrons. The highest BCUT2D eigenvalue weighted by Crippen LogP contribution is 2.29. The average Bonchev–Trinajstić information content (AvgIpc) is 2.90. The second-order valence-electron chi connectivity index (χ2n) is 7.69. The molecule has 6 nitrogen and oxygen atoms in total. The van der Waals surface area contributed by atoms with Gasteiger partial charge in [0.05, 0.1) is 0 Å². The molecule has 1 saturated heterocycles. The number of urea groups is 1. The minimum absolute atomic E-state index is 0.332. The van der Waals surface area contributed by atoms with Crippen molar-refractivity contribution in [3.05, 3.63) is 64.7 Å². The Morgan fingerprint density at radius 3 is 2.45 bits per heavy atom. The van der Waals surface area contributed by atoms with Gasteiger partial charge in [-0.15, -0.1) is 0 Å². The van der Waals surface area contributed by atoms with Gasteiger partial charge in [0.2, 0.25) is 5.91 Å². The SMILES string of the molecule is CCCc1ccc([C@]2(C)NC(=O)N(CC(=O)Nc3cccc(C)c3C)C2=O)cc1. The Hall–Kier alpha value is -3.15. The number of amides is 4. The Labute approximate surface area is 171 Å². The summed E-state index contributed by atoms with van der Waals surface area (Å²) in [4.78, 5) is 39.0. The predicted molar refractivity (Wildman–Crippen MR) is 113 cm³/mol. The summed E-state index contributed by atoms with van der Waals surface area (Å²) in [5, 5.41) is 5.54. The van der Waals surface area contributed by atoms with Crippen LogP contribution in [-0.2, 0) is 21.5 Å². The van der Waals surface area contributed by atoms with Crippen LogP contribution in [0.1, 0.15) is 42.5 Å². The summed E-state index contributed by atoms with van der Waals surface area (Å²) in [6, 6.07) is 12.7. The predicted octanol–water partition coefficient (Wildman–Crippen LogP) is 3.66. The third-order valence-electron chi connectivity index (χ3n) is 5.53. The first-order valence-electron chi connectivity index (χ1n) is 9.86. The molecule has 1 aliphatic rings. The number of nitrogens with zero attached hydrogens (tertiary/aromatic N) is 1. The summed E-state index contributed by atoms with van der Waals surface area (Å²) in [7, 11) is 0. The summed E-state index contributed by atoms with van der Waals surface area (Å²) in [5.74, 6) is -0.841. The van der Waals surface area contributed by atoms with E-state index in [-0.39, 0.29) is 6.54 Å². The summed E-state index contributed by atoms with van der Waals surface area (Å²) in [6.07, 6.45) is 2.00. The zero-order valence-corrected chi connectivity index (χ0v) is 17.3. The number of carbonyl (C=O) groups is 3. The molecule has 1 heterocycles. The lowest BCUT2D eigenvalue weighted by molar-refractivity contribution is -0.133. The Kier molecular flexibility index (Phi) is 5.73. The van der Waals surface area contributed by atoms with E-state index in [4.69, 9.17) is 0 Å². The second kappa shape index (κ2) is 8.07. The summed E-state index contributed by atoms with van der Waals surface area (Å²) in [6.45, 7) is 7.32. The van der Waals surface area contributed by atoms with Gasteiger partial charge in [-0.05, 0) is 55.5 Å². The fourth-order valence-electron chi connectivity index (χ4n) is 3.55. The minimum Gasteiger partial charge on any atom is -0.324 e. The summed E-state index contributed by atoms with van der Waals surface area (Å²) in [5.41, 5.74) is 3.39. The number of benzene rings is 2. The lowest BCUT2D eigenvalue weighted by Crippen LogP contribution is -2.42. The van der Waals surface area contributed by atoms with Crippen LogP contribution in [0, 0.1) is 13.8 Å². The molecule has 2 N–H and O–H groups in total. The van der Waals surface area contributed by atoms with Crippen molar-refractivity contribution < 1.29 is 14.4 Å². The highest BCUT2D eigenvalue weighted by Gasteiger charge is 2.49. The van der Waals surface area contributed by atoms with E-state index in [1.165, 1.54) is 5.56 Å². The zero-order chi connectivity index (χ0) is 21.2. The number of imide groups is 1. The Bertz CT molecular complexity index is 952. The van der Waals surface area contributed by atoms with Crippen LogP contribution < -0.4 is 10.6 Å². The van der Waals surface area contributed by atoms with Gasteiger partial charge in [-0.3, -0.25) is 14.5 Å². The van der Waals surface area contributed by atoms with Crippen LogP contribution in [0.3, 0.4) is 0 Å². The van der Waals surface area contributed by atoms with Gasteiger partial charge in [-0.25, -0.2) is 4.79 Å². The van der Waals surface area contributed by atoms with E-state index in [2.05, 4.69) is 17.6 Å². The van der Waals surface area contributed by atoms with Crippen molar-refractivity contribution in [3.8, 4) is 0 Å². The van der Waals surface area contributed by atoms with Gasteiger partial charge >= 0.3 is 6.03 Å². The topological polar surface area (TPSA) is 78.5 Å². The molecular formula is C23H27N3O3. The first-order chi connectivity index (χ1) is 13.8. The average molecular weight is 393 g/mol. The van der Waals surface area contributed by atoms with E-state index in [0.717, 1.165) is 28.9 Å². The summed E-state index contributed by atoms with van der Waals surface area (Å²) < 4.78 is 0. The molecule has 0 spiro atoms. The first-order valence-corrected chi connectivity index (χ1v) is 9.86. The molecule has 1 atom stereocenters. The van der Waals surface area contributed by atoms with Crippen LogP contribution in [0.4, 0.5) is 10.5 Å². The summed E-state index contributed by atoms with van der Waals surface area (Å²) >= 11 is 0. The maximum Gasteiger partial charge on any atom is 0.325 e. The molecule has 0 saturated carbocycles. The number of carbonyl (C=O) groups excluding carboxylic acids is 3. The highest BCUT2D eigenvalue weighted by molar-refractivity contribution is 6.10. The largest absolute Gasteiger partial charge is 0.325 e. The van der Waals surface area contributed by atoms with Crippen molar-refractivity contribution >= 4 is 23.5 Å². The Morgan fingerprint density at radius 2 is 1.79 bits per heavy atom. The zero-order valence-electron chi connectivity index (χ0n) is 17.3. The van der Waals surface area contributed by atoms with Crippen LogP contribution in [-0.4, -0.2) is 29.3 Å². The van der Waals surface area contributed by atoms with E-state index >= 15 is 0 Å². The van der Waals surface area contributed by atoms with Crippen LogP contribution in [0.25, 0.3) is 0 Å². The van der Waals surface area contributed by atoms with Crippen molar-refractivity contribution in [2.24, 2.45) is 0 Å². The highest BCUT2D eigenvalue weighted by atomic mass is 16.2. The molecule has 152 valence electrons. The van der Waals surface area contributed by atoms with Crippen molar-refractivity contribution in [1.82, 2.24) is 10.2 Å². The maximum atomic E-state index is 13.0. The fourth-order valence-corrected chi connectivity index (χ4v) is 3.55. The van der Waals surface area contributed by atoms with Gasteiger partial charge in [0.25, 0.3) is 5.91 Å².